The fourth-order valence-corrected chi connectivity index (χ4v) is 1.98. The van der Waals surface area contributed by atoms with Gasteiger partial charge < -0.3 is 9.73 Å². The van der Waals surface area contributed by atoms with Gasteiger partial charge in [-0.25, -0.2) is 0 Å². The molecule has 1 amide bonds. The number of hydrogen-bond acceptors (Lipinski definition) is 2. The van der Waals surface area contributed by atoms with E-state index in [0.29, 0.717) is 5.56 Å². The third-order valence-electron chi connectivity index (χ3n) is 2.88. The van der Waals surface area contributed by atoms with Crippen LogP contribution in [0.1, 0.15) is 35.9 Å². The van der Waals surface area contributed by atoms with Gasteiger partial charge in [0.1, 0.15) is 11.3 Å². The standard InChI is InChI=1S/C14H17NO2/c1-3-4-8-12-13(14(16)15-2)10-7-5-6-9-11(10)17-12/h5-7,9H,3-4,8H2,1-2H3,(H,15,16). The Hall–Kier alpha value is -1.77. The summed E-state index contributed by atoms with van der Waals surface area (Å²) < 4.78 is 5.76. The van der Waals surface area contributed by atoms with E-state index in [1.807, 2.05) is 24.3 Å². The van der Waals surface area contributed by atoms with Gasteiger partial charge in [0.2, 0.25) is 0 Å². The molecule has 0 saturated carbocycles. The molecule has 3 nitrogen and oxygen atoms in total. The smallest absolute Gasteiger partial charge is 0.255 e. The summed E-state index contributed by atoms with van der Waals surface area (Å²) in [5, 5.41) is 3.58. The highest BCUT2D eigenvalue weighted by Gasteiger charge is 2.18. The Morgan fingerprint density at radius 1 is 1.35 bits per heavy atom. The van der Waals surface area contributed by atoms with E-state index in [-0.39, 0.29) is 5.91 Å². The van der Waals surface area contributed by atoms with Crippen LogP contribution in [0.15, 0.2) is 28.7 Å². The molecule has 0 aliphatic rings. The molecule has 0 fully saturated rings. The summed E-state index contributed by atoms with van der Waals surface area (Å²) in [5.41, 5.74) is 1.48. The van der Waals surface area contributed by atoms with Crippen LogP contribution in [-0.4, -0.2) is 13.0 Å². The Balaban J connectivity index is 2.52. The summed E-state index contributed by atoms with van der Waals surface area (Å²) in [6.07, 6.45) is 2.93. The van der Waals surface area contributed by atoms with Crippen LogP contribution in [0.25, 0.3) is 11.0 Å². The maximum absolute atomic E-state index is 11.9. The van der Waals surface area contributed by atoms with Gasteiger partial charge in [-0.3, -0.25) is 4.79 Å². The number of benzene rings is 1. The third kappa shape index (κ3) is 2.18. The highest BCUT2D eigenvalue weighted by Crippen LogP contribution is 2.26. The number of carbonyl (C=O) groups is 1. The van der Waals surface area contributed by atoms with Crippen molar-refractivity contribution in [2.24, 2.45) is 0 Å². The minimum atomic E-state index is -0.0685. The second kappa shape index (κ2) is 5.04. The summed E-state index contributed by atoms with van der Waals surface area (Å²) in [4.78, 5) is 11.9. The maximum Gasteiger partial charge on any atom is 0.255 e. The third-order valence-corrected chi connectivity index (χ3v) is 2.88. The van der Waals surface area contributed by atoms with Gasteiger partial charge in [-0.1, -0.05) is 31.5 Å². The van der Waals surface area contributed by atoms with E-state index < -0.39 is 0 Å². The summed E-state index contributed by atoms with van der Waals surface area (Å²) in [5.74, 6) is 0.730. The zero-order chi connectivity index (χ0) is 12.3. The van der Waals surface area contributed by atoms with Gasteiger partial charge in [0.25, 0.3) is 5.91 Å². The molecular formula is C14H17NO2. The highest BCUT2D eigenvalue weighted by atomic mass is 16.3. The molecular weight excluding hydrogens is 214 g/mol. The molecule has 0 aliphatic heterocycles. The van der Waals surface area contributed by atoms with Crippen molar-refractivity contribution in [3.8, 4) is 0 Å². The van der Waals surface area contributed by atoms with Crippen LogP contribution in [0.2, 0.25) is 0 Å². The molecule has 0 radical (unpaired) electrons. The molecule has 2 aromatic rings. The summed E-state index contributed by atoms with van der Waals surface area (Å²) in [6, 6.07) is 7.67. The van der Waals surface area contributed by atoms with E-state index in [0.717, 1.165) is 36.0 Å². The number of para-hydroxylation sites is 1. The molecule has 0 saturated heterocycles. The molecule has 1 aromatic heterocycles. The van der Waals surface area contributed by atoms with E-state index in [1.54, 1.807) is 7.05 Å². The van der Waals surface area contributed by atoms with E-state index in [9.17, 15) is 4.79 Å². The summed E-state index contributed by atoms with van der Waals surface area (Å²) >= 11 is 0. The number of furan rings is 1. The van der Waals surface area contributed by atoms with Crippen LogP contribution in [0.5, 0.6) is 0 Å². The van der Waals surface area contributed by atoms with Gasteiger partial charge in [-0.2, -0.15) is 0 Å². The number of aryl methyl sites for hydroxylation is 1. The summed E-state index contributed by atoms with van der Waals surface area (Å²) in [6.45, 7) is 2.13. The van der Waals surface area contributed by atoms with Crippen LogP contribution in [-0.2, 0) is 6.42 Å². The SMILES string of the molecule is CCCCc1oc2ccccc2c1C(=O)NC. The lowest BCUT2D eigenvalue weighted by atomic mass is 10.1. The molecule has 0 spiro atoms. The van der Waals surface area contributed by atoms with Crippen LogP contribution < -0.4 is 5.32 Å². The predicted molar refractivity (Wildman–Crippen MR) is 68.2 cm³/mol. The van der Waals surface area contributed by atoms with Gasteiger partial charge in [-0.15, -0.1) is 0 Å². The van der Waals surface area contributed by atoms with E-state index in [4.69, 9.17) is 4.42 Å². The van der Waals surface area contributed by atoms with Crippen LogP contribution in [0, 0.1) is 0 Å². The lowest BCUT2D eigenvalue weighted by Crippen LogP contribution is -2.18. The Bertz CT molecular complexity index is 528. The van der Waals surface area contributed by atoms with Crippen molar-refractivity contribution in [1.82, 2.24) is 5.32 Å². The van der Waals surface area contributed by atoms with E-state index in [1.165, 1.54) is 0 Å². The lowest BCUT2D eigenvalue weighted by Gasteiger charge is -2.00. The monoisotopic (exact) mass is 231 g/mol. The molecule has 1 heterocycles. The molecule has 3 heteroatoms. The summed E-state index contributed by atoms with van der Waals surface area (Å²) in [7, 11) is 1.65. The van der Waals surface area contributed by atoms with Gasteiger partial charge in [0, 0.05) is 18.9 Å². The lowest BCUT2D eigenvalue weighted by molar-refractivity contribution is 0.0962. The second-order valence-corrected chi connectivity index (χ2v) is 4.08. The van der Waals surface area contributed by atoms with Crippen molar-refractivity contribution in [1.29, 1.82) is 0 Å². The Morgan fingerprint density at radius 3 is 2.82 bits per heavy atom. The zero-order valence-electron chi connectivity index (χ0n) is 10.2. The molecule has 90 valence electrons. The first-order valence-corrected chi connectivity index (χ1v) is 6.00. The first-order valence-electron chi connectivity index (χ1n) is 6.00. The van der Waals surface area contributed by atoms with Crippen molar-refractivity contribution in [2.75, 3.05) is 7.05 Å². The van der Waals surface area contributed by atoms with E-state index in [2.05, 4.69) is 12.2 Å². The number of rotatable bonds is 4. The Kier molecular flexibility index (Phi) is 3.47. The average Bonchev–Trinajstić information content (AvgIpc) is 2.73. The fraction of sp³-hybridized carbons (Fsp3) is 0.357. The van der Waals surface area contributed by atoms with Crippen LogP contribution in [0.3, 0.4) is 0 Å². The minimum absolute atomic E-state index is 0.0685. The second-order valence-electron chi connectivity index (χ2n) is 4.08. The zero-order valence-corrected chi connectivity index (χ0v) is 10.2. The van der Waals surface area contributed by atoms with Gasteiger partial charge in [-0.05, 0) is 12.5 Å². The highest BCUT2D eigenvalue weighted by molar-refractivity contribution is 6.07. The molecule has 17 heavy (non-hydrogen) atoms. The molecule has 0 bridgehead atoms. The van der Waals surface area contributed by atoms with Crippen LogP contribution in [0.4, 0.5) is 0 Å². The Labute approximate surface area is 101 Å². The molecule has 1 aromatic carbocycles. The van der Waals surface area contributed by atoms with Crippen molar-refractivity contribution < 1.29 is 9.21 Å². The number of nitrogens with one attached hydrogen (secondary N) is 1. The normalized spacial score (nSPS) is 10.7. The number of carbonyl (C=O) groups excluding carboxylic acids is 1. The minimum Gasteiger partial charge on any atom is -0.460 e. The first kappa shape index (κ1) is 11.7. The molecule has 0 atom stereocenters. The number of unbranched alkanes of at least 4 members (excludes halogenated alkanes) is 1. The van der Waals surface area contributed by atoms with Crippen molar-refractivity contribution >= 4 is 16.9 Å². The van der Waals surface area contributed by atoms with Crippen molar-refractivity contribution in [2.45, 2.75) is 26.2 Å². The molecule has 2 rings (SSSR count). The fourth-order valence-electron chi connectivity index (χ4n) is 1.98. The molecule has 0 aliphatic carbocycles. The Morgan fingerprint density at radius 2 is 2.12 bits per heavy atom. The van der Waals surface area contributed by atoms with Gasteiger partial charge >= 0.3 is 0 Å². The van der Waals surface area contributed by atoms with E-state index >= 15 is 0 Å². The first-order chi connectivity index (χ1) is 8.27. The number of hydrogen-bond donors (Lipinski definition) is 1. The quantitative estimate of drug-likeness (QED) is 0.878. The predicted octanol–water partition coefficient (Wildman–Crippen LogP) is 3.14. The molecule has 1 N–H and O–H groups in total. The van der Waals surface area contributed by atoms with Crippen LogP contribution >= 0.6 is 0 Å². The number of fused-ring (bicyclic) bond motifs is 1. The number of amides is 1. The topological polar surface area (TPSA) is 42.2 Å². The largest absolute Gasteiger partial charge is 0.460 e. The van der Waals surface area contributed by atoms with Gasteiger partial charge in [0.05, 0.1) is 5.56 Å². The van der Waals surface area contributed by atoms with Crippen molar-refractivity contribution in [3.05, 3.63) is 35.6 Å². The maximum atomic E-state index is 11.9. The molecule has 0 unspecified atom stereocenters. The van der Waals surface area contributed by atoms with Crippen molar-refractivity contribution in [3.63, 3.8) is 0 Å². The average molecular weight is 231 g/mol. The van der Waals surface area contributed by atoms with Gasteiger partial charge in [0.15, 0.2) is 0 Å².